The molecule has 5 nitrogen and oxygen atoms in total. The number of furan rings is 1. The van der Waals surface area contributed by atoms with E-state index in [9.17, 15) is 14.7 Å². The summed E-state index contributed by atoms with van der Waals surface area (Å²) in [5.41, 5.74) is -0.700. The van der Waals surface area contributed by atoms with Crippen molar-refractivity contribution in [2.75, 3.05) is 0 Å². The molecule has 1 amide bonds. The highest BCUT2D eigenvalue weighted by Crippen LogP contribution is 2.34. The fraction of sp³-hybridized carbons (Fsp3) is 0.538. The van der Waals surface area contributed by atoms with Crippen LogP contribution in [0.15, 0.2) is 22.8 Å². The number of carbonyl (C=O) groups is 2. The van der Waals surface area contributed by atoms with E-state index < -0.39 is 17.4 Å². The topological polar surface area (TPSA) is 79.5 Å². The van der Waals surface area contributed by atoms with Gasteiger partial charge in [-0.05, 0) is 31.9 Å². The number of nitrogens with one attached hydrogen (secondary N) is 1. The number of hydrogen-bond donors (Lipinski definition) is 2. The number of aliphatic carboxylic acids is 1. The van der Waals surface area contributed by atoms with Crippen molar-refractivity contribution in [3.05, 3.63) is 24.2 Å². The van der Waals surface area contributed by atoms with Crippen LogP contribution in [-0.4, -0.2) is 22.5 Å². The van der Waals surface area contributed by atoms with Gasteiger partial charge >= 0.3 is 5.97 Å². The van der Waals surface area contributed by atoms with Crippen molar-refractivity contribution in [2.45, 2.75) is 38.1 Å². The van der Waals surface area contributed by atoms with Crippen molar-refractivity contribution < 1.29 is 19.1 Å². The number of rotatable bonds is 3. The summed E-state index contributed by atoms with van der Waals surface area (Å²) in [6, 6.07) is 3.20. The van der Waals surface area contributed by atoms with Crippen molar-refractivity contribution in [3.8, 4) is 0 Å². The first-order valence-corrected chi connectivity index (χ1v) is 6.12. The summed E-state index contributed by atoms with van der Waals surface area (Å²) in [5, 5.41) is 12.1. The molecule has 0 saturated heterocycles. The van der Waals surface area contributed by atoms with Gasteiger partial charge in [-0.3, -0.25) is 9.59 Å². The van der Waals surface area contributed by atoms with E-state index in [0.29, 0.717) is 12.8 Å². The van der Waals surface area contributed by atoms with Gasteiger partial charge in [0.2, 0.25) is 0 Å². The van der Waals surface area contributed by atoms with Crippen LogP contribution in [0.2, 0.25) is 0 Å². The molecule has 0 radical (unpaired) electrons. The number of amides is 1. The average molecular weight is 251 g/mol. The Labute approximate surface area is 105 Å². The van der Waals surface area contributed by atoms with E-state index in [4.69, 9.17) is 4.42 Å². The van der Waals surface area contributed by atoms with E-state index >= 15 is 0 Å². The highest BCUT2D eigenvalue weighted by atomic mass is 16.4. The molecule has 1 aliphatic rings. The highest BCUT2D eigenvalue weighted by molar-refractivity contribution is 5.92. The molecule has 0 aliphatic heterocycles. The van der Waals surface area contributed by atoms with Crippen molar-refractivity contribution in [1.29, 1.82) is 0 Å². The summed E-state index contributed by atoms with van der Waals surface area (Å²) < 4.78 is 5.02. The van der Waals surface area contributed by atoms with E-state index in [1.54, 1.807) is 19.1 Å². The molecule has 98 valence electrons. The fourth-order valence-corrected chi connectivity index (χ4v) is 2.61. The molecule has 2 N–H and O–H groups in total. The van der Waals surface area contributed by atoms with Gasteiger partial charge in [-0.15, -0.1) is 0 Å². The third-order valence-electron chi connectivity index (χ3n) is 3.65. The lowest BCUT2D eigenvalue weighted by atomic mass is 9.74. The van der Waals surface area contributed by atoms with E-state index in [1.165, 1.54) is 6.26 Å². The second kappa shape index (κ2) is 4.84. The normalized spacial score (nSPS) is 27.7. The molecule has 1 fully saturated rings. The minimum atomic E-state index is -0.850. The van der Waals surface area contributed by atoms with Crippen LogP contribution < -0.4 is 5.32 Å². The predicted molar refractivity (Wildman–Crippen MR) is 64.2 cm³/mol. The van der Waals surface area contributed by atoms with Gasteiger partial charge in [0.05, 0.1) is 17.7 Å². The first-order chi connectivity index (χ1) is 8.53. The van der Waals surface area contributed by atoms with Gasteiger partial charge in [0.25, 0.3) is 5.91 Å². The minimum absolute atomic E-state index is 0.214. The van der Waals surface area contributed by atoms with Crippen molar-refractivity contribution in [2.24, 2.45) is 5.92 Å². The Morgan fingerprint density at radius 3 is 2.89 bits per heavy atom. The molecular weight excluding hydrogens is 234 g/mol. The molecule has 0 spiro atoms. The molecule has 1 aromatic rings. The molecule has 2 rings (SSSR count). The van der Waals surface area contributed by atoms with Crippen LogP contribution in [0.4, 0.5) is 0 Å². The van der Waals surface area contributed by atoms with Crippen LogP contribution in [0.3, 0.4) is 0 Å². The number of carbonyl (C=O) groups excluding carboxylic acids is 1. The summed E-state index contributed by atoms with van der Waals surface area (Å²) in [4.78, 5) is 23.2. The zero-order valence-corrected chi connectivity index (χ0v) is 10.3. The maximum Gasteiger partial charge on any atom is 0.308 e. The van der Waals surface area contributed by atoms with Gasteiger partial charge in [-0.2, -0.15) is 0 Å². The van der Waals surface area contributed by atoms with Crippen molar-refractivity contribution in [1.82, 2.24) is 5.32 Å². The maximum absolute atomic E-state index is 11.9. The van der Waals surface area contributed by atoms with Gasteiger partial charge in [-0.1, -0.05) is 12.8 Å². The largest absolute Gasteiger partial charge is 0.481 e. The standard InChI is InChI=1S/C13H17NO4/c1-13(7-3-2-5-9(13)12(16)17)14-11(15)10-6-4-8-18-10/h4,6,8-9H,2-3,5,7H2,1H3,(H,14,15)(H,16,17). The molecule has 5 heteroatoms. The molecule has 2 unspecified atom stereocenters. The van der Waals surface area contributed by atoms with Crippen molar-refractivity contribution >= 4 is 11.9 Å². The highest BCUT2D eigenvalue weighted by Gasteiger charge is 2.42. The Bertz CT molecular complexity index is 440. The first-order valence-electron chi connectivity index (χ1n) is 6.12. The summed E-state index contributed by atoms with van der Waals surface area (Å²) in [5.74, 6) is -1.52. The second-order valence-electron chi connectivity index (χ2n) is 4.99. The van der Waals surface area contributed by atoms with E-state index in [2.05, 4.69) is 5.32 Å². The Kier molecular flexibility index (Phi) is 3.41. The Morgan fingerprint density at radius 1 is 1.50 bits per heavy atom. The smallest absolute Gasteiger partial charge is 0.308 e. The lowest BCUT2D eigenvalue weighted by molar-refractivity contribution is -0.145. The molecule has 0 bridgehead atoms. The van der Waals surface area contributed by atoms with Gasteiger partial charge in [0.1, 0.15) is 0 Å². The fourth-order valence-electron chi connectivity index (χ4n) is 2.61. The molecule has 18 heavy (non-hydrogen) atoms. The number of carboxylic acids is 1. The minimum Gasteiger partial charge on any atom is -0.481 e. The van der Waals surface area contributed by atoms with Crippen LogP contribution >= 0.6 is 0 Å². The molecule has 1 aromatic heterocycles. The Balaban J connectivity index is 2.14. The Morgan fingerprint density at radius 2 is 2.28 bits per heavy atom. The van der Waals surface area contributed by atoms with Gasteiger partial charge < -0.3 is 14.8 Å². The number of hydrogen-bond acceptors (Lipinski definition) is 3. The number of carboxylic acid groups (broad SMARTS) is 1. The lowest BCUT2D eigenvalue weighted by Gasteiger charge is -2.39. The quantitative estimate of drug-likeness (QED) is 0.861. The summed E-state index contributed by atoms with van der Waals surface area (Å²) in [6.07, 6.45) is 4.52. The average Bonchev–Trinajstić information content (AvgIpc) is 2.81. The van der Waals surface area contributed by atoms with Gasteiger partial charge in [0, 0.05) is 0 Å². The van der Waals surface area contributed by atoms with Gasteiger partial charge in [-0.25, -0.2) is 0 Å². The molecular formula is C13H17NO4. The first kappa shape index (κ1) is 12.7. The van der Waals surface area contributed by atoms with Crippen LogP contribution in [0.5, 0.6) is 0 Å². The third-order valence-corrected chi connectivity index (χ3v) is 3.65. The van der Waals surface area contributed by atoms with Crippen LogP contribution in [-0.2, 0) is 4.79 Å². The van der Waals surface area contributed by atoms with Crippen LogP contribution in [0, 0.1) is 5.92 Å². The van der Waals surface area contributed by atoms with Gasteiger partial charge in [0.15, 0.2) is 5.76 Å². The van der Waals surface area contributed by atoms with Crippen molar-refractivity contribution in [3.63, 3.8) is 0 Å². The van der Waals surface area contributed by atoms with E-state index in [1.807, 2.05) is 0 Å². The summed E-state index contributed by atoms with van der Waals surface area (Å²) >= 11 is 0. The van der Waals surface area contributed by atoms with E-state index in [0.717, 1.165) is 12.8 Å². The second-order valence-corrected chi connectivity index (χ2v) is 4.99. The molecule has 2 atom stereocenters. The zero-order chi connectivity index (χ0) is 13.2. The predicted octanol–water partition coefficient (Wildman–Crippen LogP) is 2.04. The summed E-state index contributed by atoms with van der Waals surface area (Å²) in [7, 11) is 0. The van der Waals surface area contributed by atoms with E-state index in [-0.39, 0.29) is 11.7 Å². The molecule has 1 saturated carbocycles. The third kappa shape index (κ3) is 2.39. The maximum atomic E-state index is 11.9. The molecule has 1 heterocycles. The summed E-state index contributed by atoms with van der Waals surface area (Å²) in [6.45, 7) is 1.80. The lowest BCUT2D eigenvalue weighted by Crippen LogP contribution is -2.55. The molecule has 0 aromatic carbocycles. The van der Waals surface area contributed by atoms with Crippen LogP contribution in [0.1, 0.15) is 43.2 Å². The Hall–Kier alpha value is -1.78. The van der Waals surface area contributed by atoms with Crippen LogP contribution in [0.25, 0.3) is 0 Å². The SMILES string of the molecule is CC1(NC(=O)c2ccco2)CCCCC1C(=O)O. The monoisotopic (exact) mass is 251 g/mol. The molecule has 1 aliphatic carbocycles. The zero-order valence-electron chi connectivity index (χ0n) is 10.3.